The third-order valence-electron chi connectivity index (χ3n) is 1.84. The van der Waals surface area contributed by atoms with Crippen LogP contribution in [0, 0.1) is 0 Å². The number of alkyl halides is 3. The molecule has 8 heteroatoms. The van der Waals surface area contributed by atoms with Crippen molar-refractivity contribution in [2.75, 3.05) is 11.9 Å². The number of anilines is 1. The van der Waals surface area contributed by atoms with E-state index in [-0.39, 0.29) is 17.8 Å². The minimum atomic E-state index is -4.50. The van der Waals surface area contributed by atoms with E-state index in [0.29, 0.717) is 24.4 Å². The highest BCUT2D eigenvalue weighted by molar-refractivity contribution is 7.09. The van der Waals surface area contributed by atoms with Crippen LogP contribution >= 0.6 is 11.5 Å². The van der Waals surface area contributed by atoms with Gasteiger partial charge in [0.15, 0.2) is 0 Å². The first kappa shape index (κ1) is 13.2. The van der Waals surface area contributed by atoms with Crippen LogP contribution in [0.2, 0.25) is 0 Å². The number of hydrogen-bond acceptors (Lipinski definition) is 5. The molecule has 0 aliphatic carbocycles. The minimum absolute atomic E-state index is 0.0406. The molecule has 92 valence electrons. The standard InChI is InChI=1S/C8H12F3N3OS/c1-5(3-2-4-15)12-7-13-6(14-16-7)8(9,10)11/h5,15H,2-4H2,1H3,(H,12,13,14). The quantitative estimate of drug-likeness (QED) is 0.846. The maximum atomic E-state index is 12.2. The molecule has 1 unspecified atom stereocenters. The first-order chi connectivity index (χ1) is 7.43. The Labute approximate surface area is 94.7 Å². The Bertz CT molecular complexity index is 329. The van der Waals surface area contributed by atoms with Crippen LogP contribution in [0.15, 0.2) is 0 Å². The zero-order valence-corrected chi connectivity index (χ0v) is 9.40. The van der Waals surface area contributed by atoms with Gasteiger partial charge in [0, 0.05) is 24.2 Å². The minimum Gasteiger partial charge on any atom is -0.396 e. The van der Waals surface area contributed by atoms with Gasteiger partial charge in [-0.25, -0.2) is 0 Å². The summed E-state index contributed by atoms with van der Waals surface area (Å²) in [5.74, 6) is -1.12. The smallest absolute Gasteiger partial charge is 0.396 e. The second kappa shape index (κ2) is 5.44. The topological polar surface area (TPSA) is 58.0 Å². The van der Waals surface area contributed by atoms with Crippen LogP contribution < -0.4 is 5.32 Å². The van der Waals surface area contributed by atoms with E-state index >= 15 is 0 Å². The molecule has 16 heavy (non-hydrogen) atoms. The summed E-state index contributed by atoms with van der Waals surface area (Å²) < 4.78 is 39.7. The van der Waals surface area contributed by atoms with Gasteiger partial charge < -0.3 is 10.4 Å². The molecule has 0 fully saturated rings. The average Bonchev–Trinajstić information content (AvgIpc) is 2.62. The van der Waals surface area contributed by atoms with Crippen LogP contribution in [0.25, 0.3) is 0 Å². The summed E-state index contributed by atoms with van der Waals surface area (Å²) in [5.41, 5.74) is 0. The van der Waals surface area contributed by atoms with Gasteiger partial charge in [-0.05, 0) is 19.8 Å². The van der Waals surface area contributed by atoms with Crippen LogP contribution in [0.5, 0.6) is 0 Å². The Balaban J connectivity index is 2.52. The molecule has 0 aliphatic heterocycles. The van der Waals surface area contributed by atoms with E-state index < -0.39 is 12.0 Å². The van der Waals surface area contributed by atoms with Gasteiger partial charge in [0.25, 0.3) is 0 Å². The molecular weight excluding hydrogens is 243 g/mol. The molecular formula is C8H12F3N3OS. The zero-order chi connectivity index (χ0) is 12.2. The van der Waals surface area contributed by atoms with E-state index in [9.17, 15) is 13.2 Å². The number of nitrogens with one attached hydrogen (secondary N) is 1. The molecule has 0 aliphatic rings. The third kappa shape index (κ3) is 3.93. The number of halogens is 3. The van der Waals surface area contributed by atoms with Gasteiger partial charge in [-0.15, -0.1) is 0 Å². The monoisotopic (exact) mass is 255 g/mol. The molecule has 0 saturated heterocycles. The first-order valence-electron chi connectivity index (χ1n) is 4.71. The van der Waals surface area contributed by atoms with Gasteiger partial charge in [0.2, 0.25) is 11.0 Å². The molecule has 1 heterocycles. The van der Waals surface area contributed by atoms with Crippen molar-refractivity contribution in [1.29, 1.82) is 0 Å². The van der Waals surface area contributed by atoms with Gasteiger partial charge in [0.1, 0.15) is 0 Å². The normalized spacial score (nSPS) is 13.8. The van der Waals surface area contributed by atoms with E-state index in [2.05, 4.69) is 14.7 Å². The van der Waals surface area contributed by atoms with Crippen LogP contribution in [-0.4, -0.2) is 27.1 Å². The molecule has 1 aromatic rings. The lowest BCUT2D eigenvalue weighted by Gasteiger charge is -2.10. The lowest BCUT2D eigenvalue weighted by Crippen LogP contribution is -2.15. The van der Waals surface area contributed by atoms with Crippen molar-refractivity contribution in [3.05, 3.63) is 5.82 Å². The lowest BCUT2D eigenvalue weighted by molar-refractivity contribution is -0.144. The molecule has 1 aromatic heterocycles. The van der Waals surface area contributed by atoms with Gasteiger partial charge in [-0.3, -0.25) is 0 Å². The van der Waals surface area contributed by atoms with E-state index in [4.69, 9.17) is 5.11 Å². The fourth-order valence-electron chi connectivity index (χ4n) is 1.08. The summed E-state index contributed by atoms with van der Waals surface area (Å²) in [6, 6.07) is -0.0406. The fraction of sp³-hybridized carbons (Fsp3) is 0.750. The van der Waals surface area contributed by atoms with Crippen molar-refractivity contribution < 1.29 is 18.3 Å². The Morgan fingerprint density at radius 2 is 2.19 bits per heavy atom. The van der Waals surface area contributed by atoms with Crippen LogP contribution in [0.4, 0.5) is 18.3 Å². The first-order valence-corrected chi connectivity index (χ1v) is 5.49. The van der Waals surface area contributed by atoms with E-state index in [1.807, 2.05) is 6.92 Å². The second-order valence-electron chi connectivity index (χ2n) is 3.33. The molecule has 0 radical (unpaired) electrons. The molecule has 1 atom stereocenters. The number of rotatable bonds is 5. The molecule has 2 N–H and O–H groups in total. The van der Waals surface area contributed by atoms with E-state index in [1.165, 1.54) is 0 Å². The summed E-state index contributed by atoms with van der Waals surface area (Å²) in [6.07, 6.45) is -3.23. The SMILES string of the molecule is CC(CCCO)Nc1nc(C(F)(F)F)ns1. The summed E-state index contributed by atoms with van der Waals surface area (Å²) >= 11 is 0.683. The predicted octanol–water partition coefficient (Wildman–Crippen LogP) is 2.13. The number of aliphatic hydroxyl groups is 1. The van der Waals surface area contributed by atoms with Crippen molar-refractivity contribution in [2.24, 2.45) is 0 Å². The van der Waals surface area contributed by atoms with Crippen molar-refractivity contribution in [1.82, 2.24) is 9.36 Å². The summed E-state index contributed by atoms with van der Waals surface area (Å²) in [4.78, 5) is 3.34. The highest BCUT2D eigenvalue weighted by atomic mass is 32.1. The summed E-state index contributed by atoms with van der Waals surface area (Å²) in [5, 5.41) is 11.5. The van der Waals surface area contributed by atoms with Crippen LogP contribution in [-0.2, 0) is 6.18 Å². The predicted molar refractivity (Wildman–Crippen MR) is 54.3 cm³/mol. The zero-order valence-electron chi connectivity index (χ0n) is 8.58. The molecule has 0 amide bonds. The highest BCUT2D eigenvalue weighted by Gasteiger charge is 2.36. The van der Waals surface area contributed by atoms with E-state index in [0.717, 1.165) is 0 Å². The summed E-state index contributed by atoms with van der Waals surface area (Å²) in [7, 11) is 0. The number of hydrogen-bond donors (Lipinski definition) is 2. The molecule has 0 aromatic carbocycles. The van der Waals surface area contributed by atoms with Crippen LogP contribution in [0.3, 0.4) is 0 Å². The largest absolute Gasteiger partial charge is 0.452 e. The summed E-state index contributed by atoms with van der Waals surface area (Å²) in [6.45, 7) is 1.88. The fourth-order valence-corrected chi connectivity index (χ4v) is 1.78. The Kier molecular flexibility index (Phi) is 4.48. The molecule has 0 spiro atoms. The van der Waals surface area contributed by atoms with Gasteiger partial charge in [-0.1, -0.05) is 0 Å². The van der Waals surface area contributed by atoms with Crippen LogP contribution in [0.1, 0.15) is 25.6 Å². The number of nitrogens with zero attached hydrogens (tertiary/aromatic N) is 2. The lowest BCUT2D eigenvalue weighted by atomic mass is 10.2. The van der Waals surface area contributed by atoms with E-state index in [1.54, 1.807) is 0 Å². The Hall–Kier alpha value is -0.890. The Morgan fingerprint density at radius 3 is 2.69 bits per heavy atom. The molecule has 4 nitrogen and oxygen atoms in total. The Morgan fingerprint density at radius 1 is 1.50 bits per heavy atom. The van der Waals surface area contributed by atoms with Crippen molar-refractivity contribution in [3.63, 3.8) is 0 Å². The molecule has 1 rings (SSSR count). The molecule has 0 saturated carbocycles. The second-order valence-corrected chi connectivity index (χ2v) is 4.08. The molecule has 0 bridgehead atoms. The van der Waals surface area contributed by atoms with Gasteiger partial charge in [0.05, 0.1) is 0 Å². The maximum absolute atomic E-state index is 12.2. The van der Waals surface area contributed by atoms with Crippen molar-refractivity contribution in [2.45, 2.75) is 32.0 Å². The number of aliphatic hydroxyl groups excluding tert-OH is 1. The highest BCUT2D eigenvalue weighted by Crippen LogP contribution is 2.29. The average molecular weight is 255 g/mol. The number of aromatic nitrogens is 2. The van der Waals surface area contributed by atoms with Crippen molar-refractivity contribution >= 4 is 16.7 Å². The third-order valence-corrected chi connectivity index (χ3v) is 2.49. The van der Waals surface area contributed by atoms with Crippen molar-refractivity contribution in [3.8, 4) is 0 Å². The van der Waals surface area contributed by atoms with Gasteiger partial charge >= 0.3 is 6.18 Å². The maximum Gasteiger partial charge on any atom is 0.452 e. The van der Waals surface area contributed by atoms with Gasteiger partial charge in [-0.2, -0.15) is 22.5 Å².